The minimum absolute atomic E-state index is 0.222. The second-order valence-electron chi connectivity index (χ2n) is 9.09. The molecular formula is C18H41N3O2SSi. The number of sulfone groups is 1. The quantitative estimate of drug-likeness (QED) is 0.490. The molecule has 5 nitrogen and oxygen atoms in total. The topological polar surface area (TPSA) is 89.4 Å². The van der Waals surface area contributed by atoms with Gasteiger partial charge in [-0.25, -0.2) is 8.42 Å². The highest BCUT2D eigenvalue weighted by Crippen LogP contribution is 2.48. The van der Waals surface area contributed by atoms with Crippen molar-refractivity contribution in [2.75, 3.05) is 24.6 Å². The SMILES string of the molecule is CC(C)CC[Si](C(C)C)(C(C)C)C(C)(C(N)N)N1CCS(=O)(=O)CC1. The summed E-state index contributed by atoms with van der Waals surface area (Å²) in [7, 11) is -4.90. The van der Waals surface area contributed by atoms with Crippen molar-refractivity contribution >= 4 is 17.9 Å². The highest BCUT2D eigenvalue weighted by molar-refractivity contribution is 7.91. The number of hydrogen-bond donors (Lipinski definition) is 2. The summed E-state index contributed by atoms with van der Waals surface area (Å²) in [6.07, 6.45) is 0.716. The molecule has 0 radical (unpaired) electrons. The molecule has 0 aromatic rings. The third kappa shape index (κ3) is 4.49. The van der Waals surface area contributed by atoms with Crippen molar-refractivity contribution in [3.8, 4) is 0 Å². The second-order valence-corrected chi connectivity index (χ2v) is 17.3. The summed E-state index contributed by atoms with van der Waals surface area (Å²) in [4.78, 5) is 2.34. The van der Waals surface area contributed by atoms with Crippen molar-refractivity contribution in [1.82, 2.24) is 4.90 Å². The predicted octanol–water partition coefficient (Wildman–Crippen LogP) is 2.57. The van der Waals surface area contributed by atoms with Crippen LogP contribution in [0, 0.1) is 5.92 Å². The van der Waals surface area contributed by atoms with Gasteiger partial charge in [0.15, 0.2) is 9.84 Å². The van der Waals surface area contributed by atoms with Crippen molar-refractivity contribution < 1.29 is 8.42 Å². The second kappa shape index (κ2) is 8.38. The van der Waals surface area contributed by atoms with Gasteiger partial charge in [-0.2, -0.15) is 0 Å². The van der Waals surface area contributed by atoms with E-state index < -0.39 is 24.1 Å². The van der Waals surface area contributed by atoms with Crippen molar-refractivity contribution in [2.45, 2.75) is 83.3 Å². The fourth-order valence-corrected chi connectivity index (χ4v) is 14.2. The lowest BCUT2D eigenvalue weighted by atomic mass is 10.2. The molecule has 1 aliphatic heterocycles. The van der Waals surface area contributed by atoms with E-state index in [1.807, 2.05) is 0 Å². The van der Waals surface area contributed by atoms with Crippen molar-refractivity contribution in [1.29, 1.82) is 0 Å². The highest BCUT2D eigenvalue weighted by atomic mass is 32.2. The maximum atomic E-state index is 11.9. The Morgan fingerprint density at radius 3 is 1.76 bits per heavy atom. The Balaban J connectivity index is 3.40. The van der Waals surface area contributed by atoms with Crippen LogP contribution in [0.1, 0.15) is 54.9 Å². The van der Waals surface area contributed by atoms with Crippen LogP contribution in [0.2, 0.25) is 17.1 Å². The molecule has 150 valence electrons. The summed E-state index contributed by atoms with van der Waals surface area (Å²) in [6, 6.07) is 1.19. The van der Waals surface area contributed by atoms with Gasteiger partial charge in [0.1, 0.15) is 0 Å². The molecule has 1 saturated heterocycles. The lowest BCUT2D eigenvalue weighted by Crippen LogP contribution is -2.78. The molecule has 0 aromatic carbocycles. The molecule has 4 N–H and O–H groups in total. The molecule has 1 rings (SSSR count). The zero-order chi connectivity index (χ0) is 19.6. The molecule has 1 aliphatic rings. The Kier molecular flexibility index (Phi) is 7.74. The number of hydrogen-bond acceptors (Lipinski definition) is 5. The molecule has 25 heavy (non-hydrogen) atoms. The lowest BCUT2D eigenvalue weighted by Gasteiger charge is -2.60. The Morgan fingerprint density at radius 1 is 1.00 bits per heavy atom. The van der Waals surface area contributed by atoms with E-state index >= 15 is 0 Å². The van der Waals surface area contributed by atoms with Crippen molar-refractivity contribution in [3.05, 3.63) is 0 Å². The smallest absolute Gasteiger partial charge is 0.152 e. The fraction of sp³-hybridized carbons (Fsp3) is 1.00. The van der Waals surface area contributed by atoms with Gasteiger partial charge in [-0.3, -0.25) is 4.90 Å². The maximum absolute atomic E-state index is 11.9. The molecular weight excluding hydrogens is 350 g/mol. The van der Waals surface area contributed by atoms with Gasteiger partial charge in [-0.1, -0.05) is 54.0 Å². The average molecular weight is 392 g/mol. The van der Waals surface area contributed by atoms with Gasteiger partial charge in [0, 0.05) is 18.3 Å². The zero-order valence-electron chi connectivity index (χ0n) is 17.4. The monoisotopic (exact) mass is 391 g/mol. The minimum atomic E-state index is -2.92. The Bertz CT molecular complexity index is 512. The lowest BCUT2D eigenvalue weighted by molar-refractivity contribution is 0.146. The zero-order valence-corrected chi connectivity index (χ0v) is 19.2. The Hall–Kier alpha value is 0.0469. The van der Waals surface area contributed by atoms with Gasteiger partial charge >= 0.3 is 0 Å². The largest absolute Gasteiger partial charge is 0.315 e. The molecule has 0 aromatic heterocycles. The van der Waals surface area contributed by atoms with Crippen LogP contribution in [-0.4, -0.2) is 57.3 Å². The standard InChI is InChI=1S/C18H41N3O2SSi/c1-14(2)8-13-25(15(3)4,16(5)6)18(7,17(19)20)21-9-11-24(22,23)12-10-21/h14-17H,8-13,19-20H2,1-7H3. The first-order valence-electron chi connectivity index (χ1n) is 9.78. The molecule has 1 unspecified atom stereocenters. The molecule has 1 heterocycles. The van der Waals surface area contributed by atoms with Crippen LogP contribution in [0.4, 0.5) is 0 Å². The van der Waals surface area contributed by atoms with Gasteiger partial charge in [0.25, 0.3) is 0 Å². The Morgan fingerprint density at radius 2 is 1.44 bits per heavy atom. The van der Waals surface area contributed by atoms with Crippen LogP contribution in [0.15, 0.2) is 0 Å². The number of nitrogens with zero attached hydrogens (tertiary/aromatic N) is 1. The predicted molar refractivity (Wildman–Crippen MR) is 111 cm³/mol. The van der Waals surface area contributed by atoms with E-state index in [1.54, 1.807) is 0 Å². The number of nitrogens with two attached hydrogens (primary N) is 2. The summed E-state index contributed by atoms with van der Waals surface area (Å²) in [5.74, 6) is 1.09. The molecule has 0 saturated carbocycles. The summed E-state index contributed by atoms with van der Waals surface area (Å²) in [6.45, 7) is 17.2. The third-order valence-electron chi connectivity index (χ3n) is 6.79. The average Bonchev–Trinajstić information content (AvgIpc) is 2.45. The highest BCUT2D eigenvalue weighted by Gasteiger charge is 2.58. The van der Waals surface area contributed by atoms with E-state index in [2.05, 4.69) is 53.4 Å². The van der Waals surface area contributed by atoms with Crippen LogP contribution < -0.4 is 11.5 Å². The summed E-state index contributed by atoms with van der Waals surface area (Å²) >= 11 is 0. The van der Waals surface area contributed by atoms with Crippen LogP contribution in [0.5, 0.6) is 0 Å². The van der Waals surface area contributed by atoms with E-state index in [-0.39, 0.29) is 16.7 Å². The van der Waals surface area contributed by atoms with Gasteiger partial charge in [-0.15, -0.1) is 0 Å². The summed E-state index contributed by atoms with van der Waals surface area (Å²) in [5, 5.41) is -0.305. The van der Waals surface area contributed by atoms with E-state index in [9.17, 15) is 8.42 Å². The first kappa shape index (κ1) is 23.1. The van der Waals surface area contributed by atoms with E-state index in [0.29, 0.717) is 30.1 Å². The van der Waals surface area contributed by atoms with Crippen LogP contribution in [0.3, 0.4) is 0 Å². The van der Waals surface area contributed by atoms with Crippen LogP contribution in [-0.2, 0) is 9.84 Å². The van der Waals surface area contributed by atoms with Crippen LogP contribution in [0.25, 0.3) is 0 Å². The first-order chi connectivity index (χ1) is 11.3. The van der Waals surface area contributed by atoms with E-state index in [1.165, 1.54) is 12.5 Å². The first-order valence-corrected chi connectivity index (χ1v) is 14.0. The normalized spacial score (nSPS) is 22.1. The summed E-state index contributed by atoms with van der Waals surface area (Å²) < 4.78 is 23.9. The molecule has 1 fully saturated rings. The summed E-state index contributed by atoms with van der Waals surface area (Å²) in [5.41, 5.74) is 14.0. The molecule has 0 bridgehead atoms. The molecule has 1 atom stereocenters. The van der Waals surface area contributed by atoms with E-state index in [0.717, 1.165) is 0 Å². The maximum Gasteiger partial charge on any atom is 0.152 e. The van der Waals surface area contributed by atoms with Crippen LogP contribution >= 0.6 is 0 Å². The molecule has 0 spiro atoms. The number of rotatable bonds is 8. The van der Waals surface area contributed by atoms with Crippen molar-refractivity contribution in [3.63, 3.8) is 0 Å². The molecule has 7 heteroatoms. The molecule has 0 amide bonds. The van der Waals surface area contributed by atoms with Gasteiger partial charge in [0.05, 0.1) is 25.7 Å². The third-order valence-corrected chi connectivity index (χ3v) is 16.2. The minimum Gasteiger partial charge on any atom is -0.315 e. The molecule has 0 aliphatic carbocycles. The van der Waals surface area contributed by atoms with Gasteiger partial charge in [0.2, 0.25) is 0 Å². The Labute approximate surface area is 156 Å². The van der Waals surface area contributed by atoms with Gasteiger partial charge in [-0.05, 0) is 23.9 Å². The fourth-order valence-electron chi connectivity index (χ4n) is 5.19. The van der Waals surface area contributed by atoms with Gasteiger partial charge < -0.3 is 11.5 Å². The van der Waals surface area contributed by atoms with E-state index in [4.69, 9.17) is 11.5 Å². The van der Waals surface area contributed by atoms with Crippen molar-refractivity contribution in [2.24, 2.45) is 17.4 Å².